The Balaban J connectivity index is 1.79. The van der Waals surface area contributed by atoms with E-state index in [1.54, 1.807) is 25.4 Å². The molecule has 3 aromatic rings. The first-order valence-electron chi connectivity index (χ1n) is 12.3. The number of rotatable bonds is 11. The van der Waals surface area contributed by atoms with Crippen molar-refractivity contribution >= 4 is 17.9 Å². The Bertz CT molecular complexity index is 1190. The molecule has 0 aliphatic rings. The second kappa shape index (κ2) is 12.7. The molecule has 9 nitrogen and oxygen atoms in total. The summed E-state index contributed by atoms with van der Waals surface area (Å²) >= 11 is 1.48. The minimum absolute atomic E-state index is 0.279. The molecule has 0 unspecified atom stereocenters. The molecule has 2 aromatic heterocycles. The van der Waals surface area contributed by atoms with Crippen LogP contribution in [-0.4, -0.2) is 44.3 Å². The average Bonchev–Trinajstić information content (AvgIpc) is 3.24. The van der Waals surface area contributed by atoms with Gasteiger partial charge in [-0.25, -0.2) is 9.18 Å². The highest BCUT2D eigenvalue weighted by Crippen LogP contribution is 2.26. The van der Waals surface area contributed by atoms with Crippen molar-refractivity contribution in [3.05, 3.63) is 71.1 Å². The van der Waals surface area contributed by atoms with Crippen LogP contribution < -0.4 is 5.32 Å². The van der Waals surface area contributed by atoms with Gasteiger partial charge in [0.05, 0.1) is 24.9 Å². The van der Waals surface area contributed by atoms with Crippen LogP contribution in [0.5, 0.6) is 0 Å². The van der Waals surface area contributed by atoms with Gasteiger partial charge in [-0.15, -0.1) is 10.2 Å². The zero-order chi connectivity index (χ0) is 27.9. The lowest BCUT2D eigenvalue weighted by molar-refractivity contribution is -0.204. The summed E-state index contributed by atoms with van der Waals surface area (Å²) < 4.78 is 31.7. The molecule has 0 aliphatic carbocycles. The van der Waals surface area contributed by atoms with Gasteiger partial charge in [-0.2, -0.15) is 0 Å². The molecule has 1 N–H and O–H groups in total. The summed E-state index contributed by atoms with van der Waals surface area (Å²) in [5.74, 6) is 0.173. The third-order valence-corrected chi connectivity index (χ3v) is 6.47. The Labute approximate surface area is 227 Å². The third-order valence-electron chi connectivity index (χ3n) is 5.43. The lowest BCUT2D eigenvalue weighted by Gasteiger charge is -2.23. The van der Waals surface area contributed by atoms with E-state index in [9.17, 15) is 9.18 Å². The van der Waals surface area contributed by atoms with Crippen LogP contribution in [0.25, 0.3) is 0 Å². The van der Waals surface area contributed by atoms with Crippen LogP contribution in [0.3, 0.4) is 0 Å². The van der Waals surface area contributed by atoms with Crippen LogP contribution in [-0.2, 0) is 33.1 Å². The summed E-state index contributed by atoms with van der Waals surface area (Å²) in [6.45, 7) is 11.7. The van der Waals surface area contributed by atoms with Gasteiger partial charge in [-0.1, -0.05) is 30.0 Å². The van der Waals surface area contributed by atoms with Crippen molar-refractivity contribution in [2.75, 3.05) is 7.11 Å². The van der Waals surface area contributed by atoms with Crippen LogP contribution >= 0.6 is 11.8 Å². The van der Waals surface area contributed by atoms with E-state index in [-0.39, 0.29) is 5.82 Å². The minimum atomic E-state index is -0.703. The fraction of sp³-hybridized carbons (Fsp3) is 0.481. The highest BCUT2D eigenvalue weighted by Gasteiger charge is 2.23. The first kappa shape index (κ1) is 29.5. The maximum atomic E-state index is 13.3. The van der Waals surface area contributed by atoms with Gasteiger partial charge >= 0.3 is 6.09 Å². The number of methoxy groups -OCH3 is 1. The molecular weight excluding hydrogens is 509 g/mol. The number of halogens is 1. The second-order valence-electron chi connectivity index (χ2n) is 10.3. The molecule has 206 valence electrons. The monoisotopic (exact) mass is 545 g/mol. The number of nitrogens with zero attached hydrogens (tertiary/aromatic N) is 4. The average molecular weight is 546 g/mol. The van der Waals surface area contributed by atoms with Crippen LogP contribution in [0.2, 0.25) is 0 Å². The van der Waals surface area contributed by atoms with Gasteiger partial charge in [0.2, 0.25) is 0 Å². The predicted octanol–water partition coefficient (Wildman–Crippen LogP) is 5.64. The molecule has 38 heavy (non-hydrogen) atoms. The van der Waals surface area contributed by atoms with Crippen LogP contribution in [0.4, 0.5) is 9.18 Å². The Morgan fingerprint density at radius 2 is 1.76 bits per heavy atom. The molecule has 0 saturated heterocycles. The van der Waals surface area contributed by atoms with Gasteiger partial charge < -0.3 is 19.5 Å². The Morgan fingerprint density at radius 1 is 1.08 bits per heavy atom. The summed E-state index contributed by atoms with van der Waals surface area (Å²) in [4.78, 5) is 16.9. The normalized spacial score (nSPS) is 12.8. The van der Waals surface area contributed by atoms with Crippen molar-refractivity contribution in [3.63, 3.8) is 0 Å². The van der Waals surface area contributed by atoms with Gasteiger partial charge in [0.15, 0.2) is 16.8 Å². The summed E-state index contributed by atoms with van der Waals surface area (Å²) in [5, 5.41) is 12.3. The van der Waals surface area contributed by atoms with Crippen molar-refractivity contribution in [1.29, 1.82) is 0 Å². The van der Waals surface area contributed by atoms with Gasteiger partial charge in [0, 0.05) is 19.1 Å². The topological polar surface area (TPSA) is 100 Å². The molecule has 0 spiro atoms. The molecule has 1 aromatic carbocycles. The van der Waals surface area contributed by atoms with E-state index in [0.717, 1.165) is 16.8 Å². The molecule has 1 atom stereocenters. The van der Waals surface area contributed by atoms with Crippen LogP contribution in [0.1, 0.15) is 70.2 Å². The van der Waals surface area contributed by atoms with E-state index in [1.807, 2.05) is 58.2 Å². The second-order valence-corrected chi connectivity index (χ2v) is 11.2. The zero-order valence-electron chi connectivity index (χ0n) is 22.9. The number of pyridine rings is 1. The Kier molecular flexibility index (Phi) is 9.86. The lowest BCUT2D eigenvalue weighted by Crippen LogP contribution is -2.35. The SMILES string of the molecule is COC(C)(C)OCc1ccc(Cn2c(SCc3ccc(F)cc3)nnc2[C@H](C)NC(=O)OC(C)(C)C)cn1. The summed E-state index contributed by atoms with van der Waals surface area (Å²) in [5.41, 5.74) is 2.03. The number of aromatic nitrogens is 4. The van der Waals surface area contributed by atoms with E-state index in [1.165, 1.54) is 23.9 Å². The third kappa shape index (κ3) is 9.07. The molecule has 0 radical (unpaired) electrons. The molecule has 11 heteroatoms. The van der Waals surface area contributed by atoms with Crippen molar-refractivity contribution in [2.24, 2.45) is 0 Å². The minimum Gasteiger partial charge on any atom is -0.444 e. The molecular formula is C27H36FN5O4S. The molecule has 2 heterocycles. The smallest absolute Gasteiger partial charge is 0.408 e. The number of amides is 1. The molecule has 1 amide bonds. The van der Waals surface area contributed by atoms with Gasteiger partial charge in [0.25, 0.3) is 0 Å². The number of alkyl carbamates (subject to hydrolysis) is 1. The fourth-order valence-electron chi connectivity index (χ4n) is 3.28. The number of benzene rings is 1. The van der Waals surface area contributed by atoms with Crippen molar-refractivity contribution in [1.82, 2.24) is 25.1 Å². The van der Waals surface area contributed by atoms with Crippen LogP contribution in [0, 0.1) is 5.82 Å². The first-order valence-corrected chi connectivity index (χ1v) is 13.3. The van der Waals surface area contributed by atoms with Crippen molar-refractivity contribution in [2.45, 2.75) is 83.0 Å². The van der Waals surface area contributed by atoms with Crippen molar-refractivity contribution in [3.8, 4) is 0 Å². The number of ether oxygens (including phenoxy) is 3. The van der Waals surface area contributed by atoms with Crippen molar-refractivity contribution < 1.29 is 23.4 Å². The first-order chi connectivity index (χ1) is 17.8. The predicted molar refractivity (Wildman–Crippen MR) is 143 cm³/mol. The summed E-state index contributed by atoms with van der Waals surface area (Å²) in [6.07, 6.45) is 1.24. The van der Waals surface area contributed by atoms with Crippen LogP contribution in [0.15, 0.2) is 47.8 Å². The number of carbonyl (C=O) groups is 1. The van der Waals surface area contributed by atoms with E-state index in [2.05, 4.69) is 20.5 Å². The molecule has 0 bridgehead atoms. The summed E-state index contributed by atoms with van der Waals surface area (Å²) in [6, 6.07) is 9.76. The Morgan fingerprint density at radius 3 is 2.37 bits per heavy atom. The van der Waals surface area contributed by atoms with Gasteiger partial charge in [-0.3, -0.25) is 9.55 Å². The molecule has 0 fully saturated rings. The van der Waals surface area contributed by atoms with E-state index < -0.39 is 23.5 Å². The quantitative estimate of drug-likeness (QED) is 0.244. The maximum absolute atomic E-state index is 13.3. The summed E-state index contributed by atoms with van der Waals surface area (Å²) in [7, 11) is 1.59. The lowest BCUT2D eigenvalue weighted by atomic mass is 10.2. The highest BCUT2D eigenvalue weighted by molar-refractivity contribution is 7.98. The Hall–Kier alpha value is -3.02. The maximum Gasteiger partial charge on any atom is 0.408 e. The van der Waals surface area contributed by atoms with E-state index in [0.29, 0.717) is 29.9 Å². The van der Waals surface area contributed by atoms with Gasteiger partial charge in [0.1, 0.15) is 11.4 Å². The number of nitrogens with one attached hydrogen (secondary N) is 1. The number of hydrogen-bond acceptors (Lipinski definition) is 8. The largest absolute Gasteiger partial charge is 0.444 e. The number of thioether (sulfide) groups is 1. The molecule has 3 rings (SSSR count). The zero-order valence-corrected chi connectivity index (χ0v) is 23.8. The number of hydrogen-bond donors (Lipinski definition) is 1. The van der Waals surface area contributed by atoms with E-state index in [4.69, 9.17) is 14.2 Å². The number of carbonyl (C=O) groups excluding carboxylic acids is 1. The van der Waals surface area contributed by atoms with Gasteiger partial charge in [-0.05, 0) is 70.9 Å². The highest BCUT2D eigenvalue weighted by atomic mass is 32.2. The molecule has 0 aliphatic heterocycles. The van der Waals surface area contributed by atoms with E-state index >= 15 is 0 Å². The standard InChI is InChI=1S/C27H36FN5O4S/c1-18(30-25(34)37-26(2,3)4)23-31-32-24(38-17-19-8-11-21(28)12-9-19)33(23)15-20-10-13-22(29-14-20)16-36-27(5,6)35-7/h8-14,18H,15-17H2,1-7H3,(H,30,34)/t18-/m0/s1. The molecule has 0 saturated carbocycles. The fourth-order valence-corrected chi connectivity index (χ4v) is 4.18.